The third-order valence-electron chi connectivity index (χ3n) is 5.14. The lowest BCUT2D eigenvalue weighted by molar-refractivity contribution is -0.148. The van der Waals surface area contributed by atoms with Crippen LogP contribution in [0, 0.1) is 11.8 Å². The third-order valence-corrected chi connectivity index (χ3v) is 5.14. The van der Waals surface area contributed by atoms with E-state index in [9.17, 15) is 18.4 Å². The number of fused-ring (bicyclic) bond motifs is 1. The Bertz CT molecular complexity index is 450. The molecule has 0 spiro atoms. The smallest absolute Gasteiger partial charge is 0.306 e. The van der Waals surface area contributed by atoms with Crippen LogP contribution >= 0.6 is 0 Å². The molecule has 1 aliphatic carbocycles. The van der Waals surface area contributed by atoms with Crippen LogP contribution in [-0.2, 0) is 9.59 Å². The fourth-order valence-electron chi connectivity index (χ4n) is 3.97. The average Bonchev–Trinajstić information content (AvgIpc) is 3.00. The van der Waals surface area contributed by atoms with Gasteiger partial charge in [0.15, 0.2) is 0 Å². The molecule has 118 valence electrons. The molecule has 2 saturated heterocycles. The monoisotopic (exact) mass is 302 g/mol. The fourth-order valence-corrected chi connectivity index (χ4v) is 3.97. The van der Waals surface area contributed by atoms with E-state index in [0.717, 1.165) is 0 Å². The average molecular weight is 302 g/mol. The molecule has 2 N–H and O–H groups in total. The van der Waals surface area contributed by atoms with E-state index in [1.807, 2.05) is 0 Å². The number of hydrogen-bond donors (Lipinski definition) is 2. The Kier molecular flexibility index (Phi) is 3.63. The van der Waals surface area contributed by atoms with Crippen molar-refractivity contribution in [3.8, 4) is 0 Å². The van der Waals surface area contributed by atoms with Gasteiger partial charge >= 0.3 is 5.97 Å². The van der Waals surface area contributed by atoms with E-state index < -0.39 is 23.9 Å². The maximum atomic E-state index is 13.9. The quantitative estimate of drug-likeness (QED) is 0.801. The van der Waals surface area contributed by atoms with Crippen LogP contribution in [0.1, 0.15) is 32.1 Å². The summed E-state index contributed by atoms with van der Waals surface area (Å²) in [6, 6.07) is -1.33. The summed E-state index contributed by atoms with van der Waals surface area (Å²) in [5.41, 5.74) is 0. The van der Waals surface area contributed by atoms with Crippen LogP contribution in [0.15, 0.2) is 0 Å². The zero-order valence-electron chi connectivity index (χ0n) is 11.7. The standard InChI is InChI=1S/C14H20F2N2O3/c15-14(16)7-17-10-5-6-18(11(10)14)12(19)8-1-3-9(4-2-8)13(20)21/h8-11,17H,1-7H2,(H,20,21). The summed E-state index contributed by atoms with van der Waals surface area (Å²) in [4.78, 5) is 24.8. The lowest BCUT2D eigenvalue weighted by Gasteiger charge is -2.33. The number of carbonyl (C=O) groups is 2. The van der Waals surface area contributed by atoms with E-state index in [4.69, 9.17) is 5.11 Å². The number of nitrogens with one attached hydrogen (secondary N) is 1. The Labute approximate surface area is 121 Å². The molecular weight excluding hydrogens is 282 g/mol. The molecule has 0 aromatic carbocycles. The number of carbonyl (C=O) groups excluding carboxylic acids is 1. The Balaban J connectivity index is 1.65. The van der Waals surface area contributed by atoms with E-state index in [-0.39, 0.29) is 24.4 Å². The second-order valence-electron chi connectivity index (χ2n) is 6.40. The Morgan fingerprint density at radius 3 is 2.33 bits per heavy atom. The predicted molar refractivity (Wildman–Crippen MR) is 69.9 cm³/mol. The SMILES string of the molecule is O=C(O)C1CCC(C(=O)N2CCC3NCC(F)(F)C32)CC1. The van der Waals surface area contributed by atoms with E-state index in [1.54, 1.807) is 0 Å². The van der Waals surface area contributed by atoms with Crippen molar-refractivity contribution in [2.24, 2.45) is 11.8 Å². The number of carboxylic acid groups (broad SMARTS) is 1. The second kappa shape index (κ2) is 5.19. The predicted octanol–water partition coefficient (Wildman–Crippen LogP) is 1.09. The van der Waals surface area contributed by atoms with Crippen molar-refractivity contribution in [3.05, 3.63) is 0 Å². The van der Waals surface area contributed by atoms with Crippen LogP contribution in [0.3, 0.4) is 0 Å². The van der Waals surface area contributed by atoms with E-state index in [0.29, 0.717) is 38.6 Å². The number of nitrogens with zero attached hydrogens (tertiary/aromatic N) is 1. The highest BCUT2D eigenvalue weighted by atomic mass is 19.3. The summed E-state index contributed by atoms with van der Waals surface area (Å²) in [7, 11) is 0. The zero-order chi connectivity index (χ0) is 15.2. The minimum atomic E-state index is -2.87. The normalized spacial score (nSPS) is 38.3. The van der Waals surface area contributed by atoms with Crippen LogP contribution in [0.25, 0.3) is 0 Å². The van der Waals surface area contributed by atoms with Gasteiger partial charge in [0.1, 0.15) is 6.04 Å². The molecule has 2 heterocycles. The van der Waals surface area contributed by atoms with Crippen LogP contribution in [0.5, 0.6) is 0 Å². The second-order valence-corrected chi connectivity index (χ2v) is 6.40. The minimum Gasteiger partial charge on any atom is -0.481 e. The summed E-state index contributed by atoms with van der Waals surface area (Å²) < 4.78 is 27.8. The summed E-state index contributed by atoms with van der Waals surface area (Å²) >= 11 is 0. The summed E-state index contributed by atoms with van der Waals surface area (Å²) in [5, 5.41) is 11.8. The van der Waals surface area contributed by atoms with Crippen LogP contribution in [0.2, 0.25) is 0 Å². The summed E-state index contributed by atoms with van der Waals surface area (Å²) in [5.74, 6) is -4.59. The molecule has 21 heavy (non-hydrogen) atoms. The van der Waals surface area contributed by atoms with Gasteiger partial charge in [0.25, 0.3) is 5.92 Å². The summed E-state index contributed by atoms with van der Waals surface area (Å²) in [6.07, 6.45) is 2.46. The number of halogens is 2. The van der Waals surface area contributed by atoms with Gasteiger partial charge in [0.2, 0.25) is 5.91 Å². The van der Waals surface area contributed by atoms with E-state index in [2.05, 4.69) is 5.32 Å². The van der Waals surface area contributed by atoms with Gasteiger partial charge in [-0.05, 0) is 32.1 Å². The molecular formula is C14H20F2N2O3. The van der Waals surface area contributed by atoms with Gasteiger partial charge in [0.05, 0.1) is 12.5 Å². The summed E-state index contributed by atoms with van der Waals surface area (Å²) in [6.45, 7) is 0.00742. The number of alkyl halides is 2. The first kappa shape index (κ1) is 14.7. The van der Waals surface area contributed by atoms with Crippen molar-refractivity contribution in [1.29, 1.82) is 0 Å². The molecule has 3 rings (SSSR count). The maximum Gasteiger partial charge on any atom is 0.306 e. The van der Waals surface area contributed by atoms with Crippen LogP contribution < -0.4 is 5.32 Å². The highest BCUT2D eigenvalue weighted by molar-refractivity contribution is 5.80. The molecule has 0 aromatic rings. The Morgan fingerprint density at radius 2 is 1.71 bits per heavy atom. The molecule has 0 aromatic heterocycles. The molecule has 2 aliphatic heterocycles. The highest BCUT2D eigenvalue weighted by Crippen LogP contribution is 2.39. The molecule has 1 amide bonds. The molecule has 0 radical (unpaired) electrons. The van der Waals surface area contributed by atoms with Crippen molar-refractivity contribution in [2.75, 3.05) is 13.1 Å². The van der Waals surface area contributed by atoms with Gasteiger partial charge in [-0.2, -0.15) is 0 Å². The molecule has 0 bridgehead atoms. The minimum absolute atomic E-state index is 0.213. The lowest BCUT2D eigenvalue weighted by atomic mass is 9.81. The van der Waals surface area contributed by atoms with Crippen molar-refractivity contribution >= 4 is 11.9 Å². The van der Waals surface area contributed by atoms with Crippen molar-refractivity contribution in [1.82, 2.24) is 10.2 Å². The van der Waals surface area contributed by atoms with Crippen LogP contribution in [0.4, 0.5) is 8.78 Å². The molecule has 3 fully saturated rings. The van der Waals surface area contributed by atoms with Crippen molar-refractivity contribution < 1.29 is 23.5 Å². The largest absolute Gasteiger partial charge is 0.481 e. The molecule has 7 heteroatoms. The fraction of sp³-hybridized carbons (Fsp3) is 0.857. The highest BCUT2D eigenvalue weighted by Gasteiger charge is 2.57. The first-order valence-corrected chi connectivity index (χ1v) is 7.54. The molecule has 5 nitrogen and oxygen atoms in total. The number of amides is 1. The van der Waals surface area contributed by atoms with Crippen LogP contribution in [-0.4, -0.2) is 53.0 Å². The number of aliphatic carboxylic acids is 1. The molecule has 1 saturated carbocycles. The maximum absolute atomic E-state index is 13.9. The molecule has 2 unspecified atom stereocenters. The van der Waals surface area contributed by atoms with Crippen molar-refractivity contribution in [3.63, 3.8) is 0 Å². The first-order valence-electron chi connectivity index (χ1n) is 7.54. The van der Waals surface area contributed by atoms with Gasteiger partial charge < -0.3 is 15.3 Å². The topological polar surface area (TPSA) is 69.6 Å². The number of hydrogen-bond acceptors (Lipinski definition) is 3. The Morgan fingerprint density at radius 1 is 1.10 bits per heavy atom. The number of rotatable bonds is 2. The zero-order valence-corrected chi connectivity index (χ0v) is 11.7. The van der Waals surface area contributed by atoms with Crippen molar-refractivity contribution in [2.45, 2.75) is 50.1 Å². The van der Waals surface area contributed by atoms with E-state index >= 15 is 0 Å². The van der Waals surface area contributed by atoms with Gasteiger partial charge in [-0.1, -0.05) is 0 Å². The number of likely N-dealkylation sites (tertiary alicyclic amines) is 1. The molecule has 3 aliphatic rings. The number of carboxylic acids is 1. The first-order chi connectivity index (χ1) is 9.90. The van der Waals surface area contributed by atoms with Gasteiger partial charge in [0, 0.05) is 18.5 Å². The van der Waals surface area contributed by atoms with Gasteiger partial charge in [-0.15, -0.1) is 0 Å². The van der Waals surface area contributed by atoms with Gasteiger partial charge in [-0.3, -0.25) is 9.59 Å². The van der Waals surface area contributed by atoms with Gasteiger partial charge in [-0.25, -0.2) is 8.78 Å². The van der Waals surface area contributed by atoms with E-state index in [1.165, 1.54) is 4.90 Å². The Hall–Kier alpha value is -1.24. The third kappa shape index (κ3) is 2.52. The lowest BCUT2D eigenvalue weighted by Crippen LogP contribution is -2.50. The molecule has 2 atom stereocenters.